The van der Waals surface area contributed by atoms with Crippen LogP contribution < -0.4 is 10.1 Å². The van der Waals surface area contributed by atoms with Crippen molar-refractivity contribution in [3.05, 3.63) is 58.8 Å². The van der Waals surface area contributed by atoms with Crippen LogP contribution in [0.5, 0.6) is 5.75 Å². The van der Waals surface area contributed by atoms with Gasteiger partial charge in [0.2, 0.25) is 11.5 Å². The fourth-order valence-electron chi connectivity index (χ4n) is 2.82. The molecule has 1 aliphatic carbocycles. The fourth-order valence-corrected chi connectivity index (χ4v) is 2.82. The van der Waals surface area contributed by atoms with Crippen molar-refractivity contribution in [2.45, 2.75) is 52.1 Å². The van der Waals surface area contributed by atoms with Gasteiger partial charge >= 0.3 is 0 Å². The molecule has 6 nitrogen and oxygen atoms in total. The summed E-state index contributed by atoms with van der Waals surface area (Å²) in [5.74, 6) is -1.44. The zero-order valence-corrected chi connectivity index (χ0v) is 16.6. The second-order valence-electron chi connectivity index (χ2n) is 6.46. The molecule has 0 saturated heterocycles. The van der Waals surface area contributed by atoms with E-state index < -0.39 is 96.4 Å². The van der Waals surface area contributed by atoms with Crippen LogP contribution >= 0.6 is 0 Å². The fraction of sp³-hybridized carbons (Fsp3) is 0.375. The Morgan fingerprint density at radius 2 is 2.37 bits per heavy atom. The Labute approximate surface area is 193 Å². The summed E-state index contributed by atoms with van der Waals surface area (Å²) < 4.78 is 112. The van der Waals surface area contributed by atoms with E-state index in [4.69, 9.17) is 32.3 Å². The third-order valence-corrected chi connectivity index (χ3v) is 4.08. The van der Waals surface area contributed by atoms with Crippen LogP contribution in [0.2, 0.25) is 0 Å². The monoisotopic (exact) mass is 414 g/mol. The van der Waals surface area contributed by atoms with Crippen molar-refractivity contribution >= 4 is 5.69 Å². The maximum Gasteiger partial charge on any atom is 0.256 e. The molecule has 0 radical (unpaired) electrons. The van der Waals surface area contributed by atoms with Crippen LogP contribution in [0, 0.1) is 6.57 Å². The number of benzene rings is 2. The van der Waals surface area contributed by atoms with Crippen molar-refractivity contribution in [2.24, 2.45) is 0 Å². The Hall–Kier alpha value is -3.17. The van der Waals surface area contributed by atoms with Crippen LogP contribution in [0.25, 0.3) is 27.7 Å². The quantitative estimate of drug-likeness (QED) is 0.500. The predicted molar refractivity (Wildman–Crippen MR) is 117 cm³/mol. The Balaban J connectivity index is 1.97. The molecule has 0 unspecified atom stereocenters. The van der Waals surface area contributed by atoms with Gasteiger partial charge in [-0.2, -0.15) is 4.98 Å². The molecule has 1 atom stereocenters. The summed E-state index contributed by atoms with van der Waals surface area (Å²) in [6.07, 6.45) is -4.73. The first-order valence-electron chi connectivity index (χ1n) is 15.2. The lowest BCUT2D eigenvalue weighted by Gasteiger charge is -2.13. The molecular formula is C24H26N4O2. The van der Waals surface area contributed by atoms with Crippen LogP contribution in [-0.2, 0) is 6.37 Å². The second-order valence-corrected chi connectivity index (χ2v) is 6.46. The average Bonchev–Trinajstić information content (AvgIpc) is 3.40. The summed E-state index contributed by atoms with van der Waals surface area (Å²) in [6.45, 7) is 9.60. The minimum Gasteiger partial charge on any atom is -0.502 e. The predicted octanol–water partition coefficient (Wildman–Crippen LogP) is 5.73. The lowest BCUT2D eigenvalue weighted by Crippen LogP contribution is -2.19. The number of aromatic nitrogens is 2. The number of ether oxygens (including phenoxy) is 1. The Bertz CT molecular complexity index is 1640. The van der Waals surface area contributed by atoms with Gasteiger partial charge in [-0.1, -0.05) is 30.2 Å². The zero-order valence-electron chi connectivity index (χ0n) is 28.6. The first-order valence-corrected chi connectivity index (χ1v) is 9.18. The van der Waals surface area contributed by atoms with Crippen LogP contribution in [0.3, 0.4) is 0 Å². The third kappa shape index (κ3) is 3.94. The van der Waals surface area contributed by atoms with Crippen LogP contribution in [-0.4, -0.2) is 22.7 Å². The molecule has 30 heavy (non-hydrogen) atoms. The highest BCUT2D eigenvalue weighted by atomic mass is 16.5. The molecule has 0 spiro atoms. The molecule has 1 heterocycles. The molecule has 6 heteroatoms. The molecule has 0 amide bonds. The lowest BCUT2D eigenvalue weighted by molar-refractivity contribution is 0.244. The number of nitrogens with zero attached hydrogens (tertiary/aromatic N) is 3. The third-order valence-electron chi connectivity index (χ3n) is 4.08. The van der Waals surface area contributed by atoms with E-state index in [2.05, 4.69) is 20.3 Å². The van der Waals surface area contributed by atoms with E-state index in [1.165, 1.54) is 20.8 Å². The maximum atomic E-state index is 8.95. The zero-order chi connectivity index (χ0) is 31.7. The largest absolute Gasteiger partial charge is 0.502 e. The average molecular weight is 415 g/mol. The molecule has 154 valence electrons. The molecule has 0 saturated carbocycles. The van der Waals surface area contributed by atoms with Crippen molar-refractivity contribution in [3.8, 4) is 28.6 Å². The standard InChI is InChI=1S/C24H26N4O2/c1-5-13-26-20-11-10-17-18(20)7-6-8-19(17)23-27-24(30-28-23)16-9-12-22(29-15(2)3)21(14-16)25-4/h6-9,12,14-15,20,26H,5,10-11,13H2,1-3H3/t20-/m0/s1/i6D,7D,8D,9D,10D2,12D,13D2,14D,15D,20D. The molecule has 0 aliphatic heterocycles. The number of fused-ring (bicyclic) bond motifs is 1. The van der Waals surface area contributed by atoms with E-state index in [9.17, 15) is 0 Å². The summed E-state index contributed by atoms with van der Waals surface area (Å²) >= 11 is 0. The van der Waals surface area contributed by atoms with Gasteiger partial charge in [-0.15, -0.1) is 0 Å². The van der Waals surface area contributed by atoms with Gasteiger partial charge < -0.3 is 14.6 Å². The summed E-state index contributed by atoms with van der Waals surface area (Å²) in [7, 11) is 0. The second kappa shape index (κ2) is 8.68. The van der Waals surface area contributed by atoms with Crippen molar-refractivity contribution in [1.82, 2.24) is 15.5 Å². The first kappa shape index (κ1) is 10.2. The number of hydrogen-bond acceptors (Lipinski definition) is 5. The van der Waals surface area contributed by atoms with E-state index in [0.717, 1.165) is 0 Å². The summed E-state index contributed by atoms with van der Waals surface area (Å²) in [4.78, 5) is 7.38. The van der Waals surface area contributed by atoms with Crippen LogP contribution in [0.15, 0.2) is 40.8 Å². The number of nitrogens with one attached hydrogen (secondary N) is 1. The van der Waals surface area contributed by atoms with Gasteiger partial charge in [0.15, 0.2) is 0 Å². The van der Waals surface area contributed by atoms with Gasteiger partial charge in [-0.25, -0.2) is 4.85 Å². The molecule has 0 bridgehead atoms. The molecule has 0 fully saturated rings. The highest BCUT2D eigenvalue weighted by molar-refractivity contribution is 5.70. The van der Waals surface area contributed by atoms with Gasteiger partial charge in [0.1, 0.15) is 5.75 Å². The van der Waals surface area contributed by atoms with Crippen molar-refractivity contribution < 1.29 is 25.7 Å². The van der Waals surface area contributed by atoms with E-state index in [0.29, 0.717) is 0 Å². The number of hydrogen-bond donors (Lipinski definition) is 1. The van der Waals surface area contributed by atoms with E-state index in [1.54, 1.807) is 0 Å². The summed E-state index contributed by atoms with van der Waals surface area (Å²) in [5, 5.41) is 6.24. The Morgan fingerprint density at radius 1 is 1.50 bits per heavy atom. The Kier molecular flexibility index (Phi) is 2.96. The molecule has 4 rings (SSSR count). The Morgan fingerprint density at radius 3 is 3.13 bits per heavy atom. The maximum absolute atomic E-state index is 8.95. The molecule has 2 aromatic carbocycles. The van der Waals surface area contributed by atoms with E-state index in [-0.39, 0.29) is 23.1 Å². The van der Waals surface area contributed by atoms with Gasteiger partial charge in [0, 0.05) is 24.0 Å². The molecule has 1 aliphatic rings. The van der Waals surface area contributed by atoms with Gasteiger partial charge in [-0.3, -0.25) is 0 Å². The van der Waals surface area contributed by atoms with Gasteiger partial charge in [0.05, 0.1) is 22.2 Å². The first-order chi connectivity index (χ1) is 19.2. The number of rotatable bonds is 7. The highest BCUT2D eigenvalue weighted by Gasteiger charge is 2.26. The summed E-state index contributed by atoms with van der Waals surface area (Å²) in [6, 6.07) is -6.01. The smallest absolute Gasteiger partial charge is 0.256 e. The van der Waals surface area contributed by atoms with E-state index >= 15 is 0 Å². The topological polar surface area (TPSA) is 64.5 Å². The van der Waals surface area contributed by atoms with Crippen molar-refractivity contribution in [1.29, 1.82) is 0 Å². The van der Waals surface area contributed by atoms with Crippen molar-refractivity contribution in [3.63, 3.8) is 0 Å². The van der Waals surface area contributed by atoms with Crippen LogP contribution in [0.1, 0.15) is 67.2 Å². The van der Waals surface area contributed by atoms with Gasteiger partial charge in [0.25, 0.3) is 5.89 Å². The van der Waals surface area contributed by atoms with Crippen LogP contribution in [0.4, 0.5) is 5.69 Å². The highest BCUT2D eigenvalue weighted by Crippen LogP contribution is 2.38. The summed E-state index contributed by atoms with van der Waals surface area (Å²) in [5.41, 5.74) is -2.01. The van der Waals surface area contributed by atoms with E-state index in [1.807, 2.05) is 0 Å². The molecular weight excluding hydrogens is 376 g/mol. The normalized spacial score (nSPS) is 25.9. The SMILES string of the molecule is [2H]c1c([2H])c(-c2noc(-c3c([2H])c([2H])c(OC([2H])(C)C)c([N+]#[C-])c3[2H])n2)c2c(c1[2H])[C@@]([2H])(NC([2H])([2H])CC)CC2([2H])[2H]. The molecule has 1 aromatic heterocycles. The lowest BCUT2D eigenvalue weighted by atomic mass is 10.0. The molecule has 3 aromatic rings. The van der Waals surface area contributed by atoms with Gasteiger partial charge in [-0.05, 0) is 68.8 Å². The molecule has 1 N–H and O–H groups in total. The minimum absolute atomic E-state index is 0.0801. The van der Waals surface area contributed by atoms with Crippen molar-refractivity contribution in [2.75, 3.05) is 6.50 Å². The minimum atomic E-state index is -2.40.